The number of hydrogen-bond donors (Lipinski definition) is 1. The van der Waals surface area contributed by atoms with Crippen LogP contribution >= 0.6 is 0 Å². The van der Waals surface area contributed by atoms with Gasteiger partial charge in [-0.1, -0.05) is 12.1 Å². The fourth-order valence-electron chi connectivity index (χ4n) is 3.47. The lowest BCUT2D eigenvalue weighted by Crippen LogP contribution is -2.31. The maximum absolute atomic E-state index is 13.3. The highest BCUT2D eigenvalue weighted by atomic mass is 19.1. The van der Waals surface area contributed by atoms with Crippen molar-refractivity contribution in [3.63, 3.8) is 0 Å². The van der Waals surface area contributed by atoms with Crippen LogP contribution in [0.4, 0.5) is 10.3 Å². The number of nitrogens with two attached hydrogens (primary N) is 1. The monoisotopic (exact) mass is 363 g/mol. The number of carbonyl (C=O) groups is 1. The highest BCUT2D eigenvalue weighted by Crippen LogP contribution is 2.37. The normalized spacial score (nSPS) is 16.5. The van der Waals surface area contributed by atoms with E-state index in [2.05, 4.69) is 15.0 Å². The Morgan fingerprint density at radius 1 is 1.15 bits per heavy atom. The molecule has 7 heteroatoms. The molecule has 0 radical (unpaired) electrons. The zero-order valence-electron chi connectivity index (χ0n) is 14.5. The Bertz CT molecular complexity index is 962. The Hall–Kier alpha value is -3.35. The molecule has 0 bridgehead atoms. The topological polar surface area (TPSA) is 85.0 Å². The van der Waals surface area contributed by atoms with Gasteiger partial charge < -0.3 is 10.6 Å². The molecule has 1 saturated heterocycles. The van der Waals surface area contributed by atoms with Gasteiger partial charge in [-0.25, -0.2) is 14.4 Å². The van der Waals surface area contributed by atoms with Crippen LogP contribution in [0, 0.1) is 5.82 Å². The maximum Gasteiger partial charge on any atom is 0.254 e. The van der Waals surface area contributed by atoms with Crippen molar-refractivity contribution >= 4 is 11.9 Å². The average molecular weight is 363 g/mol. The van der Waals surface area contributed by atoms with E-state index in [0.717, 1.165) is 24.0 Å². The van der Waals surface area contributed by atoms with Gasteiger partial charge in [-0.05, 0) is 42.7 Å². The summed E-state index contributed by atoms with van der Waals surface area (Å²) in [6.45, 7) is 0.637. The number of benzene rings is 1. The Labute approximate surface area is 155 Å². The number of nitrogen functional groups attached to an aromatic ring is 1. The Morgan fingerprint density at radius 2 is 1.89 bits per heavy atom. The summed E-state index contributed by atoms with van der Waals surface area (Å²) in [6.07, 6.45) is 6.49. The first-order chi connectivity index (χ1) is 13.1. The number of amides is 1. The molecule has 136 valence electrons. The van der Waals surface area contributed by atoms with E-state index in [0.29, 0.717) is 17.8 Å². The molecule has 6 nitrogen and oxygen atoms in total. The third-order valence-corrected chi connectivity index (χ3v) is 4.75. The largest absolute Gasteiger partial charge is 0.368 e. The first-order valence-electron chi connectivity index (χ1n) is 8.73. The summed E-state index contributed by atoms with van der Waals surface area (Å²) in [5.41, 5.74) is 8.65. The fraction of sp³-hybridized carbons (Fsp3) is 0.200. The van der Waals surface area contributed by atoms with Crippen molar-refractivity contribution in [1.82, 2.24) is 19.9 Å². The quantitative estimate of drug-likeness (QED) is 0.772. The minimum Gasteiger partial charge on any atom is -0.368 e. The van der Waals surface area contributed by atoms with Crippen LogP contribution < -0.4 is 5.73 Å². The number of anilines is 1. The predicted molar refractivity (Wildman–Crippen MR) is 99.1 cm³/mol. The Morgan fingerprint density at radius 3 is 2.63 bits per heavy atom. The molecule has 1 fully saturated rings. The first-order valence-corrected chi connectivity index (χ1v) is 8.73. The van der Waals surface area contributed by atoms with E-state index in [1.165, 1.54) is 12.1 Å². The van der Waals surface area contributed by atoms with Crippen LogP contribution in [-0.2, 0) is 0 Å². The number of hydrogen-bond acceptors (Lipinski definition) is 5. The summed E-state index contributed by atoms with van der Waals surface area (Å²) in [5.74, 6) is -0.228. The van der Waals surface area contributed by atoms with E-state index in [-0.39, 0.29) is 23.7 Å². The van der Waals surface area contributed by atoms with Crippen LogP contribution in [0.15, 0.2) is 55.0 Å². The molecule has 3 aromatic rings. The second-order valence-electron chi connectivity index (χ2n) is 6.43. The minimum atomic E-state index is -0.313. The molecule has 1 atom stereocenters. The van der Waals surface area contributed by atoms with Crippen LogP contribution in [0.2, 0.25) is 0 Å². The summed E-state index contributed by atoms with van der Waals surface area (Å²) in [6, 6.07) is 9.33. The van der Waals surface area contributed by atoms with Gasteiger partial charge in [0.2, 0.25) is 5.95 Å². The van der Waals surface area contributed by atoms with Crippen LogP contribution in [-0.4, -0.2) is 32.3 Å². The average Bonchev–Trinajstić information content (AvgIpc) is 3.18. The van der Waals surface area contributed by atoms with Crippen LogP contribution in [0.5, 0.6) is 0 Å². The molecule has 1 aliphatic heterocycles. The summed E-state index contributed by atoms with van der Waals surface area (Å²) < 4.78 is 13.3. The lowest BCUT2D eigenvalue weighted by atomic mass is 9.99. The summed E-state index contributed by atoms with van der Waals surface area (Å²) >= 11 is 0. The van der Waals surface area contributed by atoms with Crippen LogP contribution in [0.1, 0.15) is 34.9 Å². The molecule has 1 amide bonds. The summed E-state index contributed by atoms with van der Waals surface area (Å²) in [4.78, 5) is 27.3. The lowest BCUT2D eigenvalue weighted by Gasteiger charge is -2.26. The molecule has 0 unspecified atom stereocenters. The van der Waals surface area contributed by atoms with Crippen molar-refractivity contribution < 1.29 is 9.18 Å². The van der Waals surface area contributed by atoms with Gasteiger partial charge >= 0.3 is 0 Å². The van der Waals surface area contributed by atoms with Crippen molar-refractivity contribution in [3.8, 4) is 11.1 Å². The lowest BCUT2D eigenvalue weighted by molar-refractivity contribution is 0.0733. The number of nitrogens with zero attached hydrogens (tertiary/aromatic N) is 4. The standard InChI is InChI=1S/C20H18FN5O/c21-15-5-3-13(4-6-15)16-12-24-20(22)25-18(16)17-2-1-11-26(17)19(27)14-7-9-23-10-8-14/h3-10,12,17H,1-2,11H2,(H2,22,24,25)/t17-/m0/s1. The number of rotatable bonds is 3. The zero-order chi connectivity index (χ0) is 18.8. The molecule has 2 aromatic heterocycles. The number of carbonyl (C=O) groups excluding carboxylic acids is 1. The molecule has 0 saturated carbocycles. The molecular formula is C20H18FN5O. The Balaban J connectivity index is 1.74. The van der Waals surface area contributed by atoms with E-state index >= 15 is 0 Å². The number of likely N-dealkylation sites (tertiary alicyclic amines) is 1. The van der Waals surface area contributed by atoms with Crippen molar-refractivity contribution in [2.45, 2.75) is 18.9 Å². The molecule has 3 heterocycles. The predicted octanol–water partition coefficient (Wildman–Crippen LogP) is 3.24. The molecule has 2 N–H and O–H groups in total. The molecule has 1 aromatic carbocycles. The fourth-order valence-corrected chi connectivity index (χ4v) is 3.47. The first kappa shape index (κ1) is 17.1. The van der Waals surface area contributed by atoms with E-state index < -0.39 is 0 Å². The van der Waals surface area contributed by atoms with E-state index in [4.69, 9.17) is 5.73 Å². The SMILES string of the molecule is Nc1ncc(-c2ccc(F)cc2)c([C@@H]2CCCN2C(=O)c2ccncc2)n1. The second-order valence-corrected chi connectivity index (χ2v) is 6.43. The molecule has 27 heavy (non-hydrogen) atoms. The third kappa shape index (κ3) is 3.36. The van der Waals surface area contributed by atoms with Gasteiger partial charge in [0, 0.05) is 36.3 Å². The van der Waals surface area contributed by atoms with Crippen molar-refractivity contribution in [3.05, 3.63) is 72.1 Å². The maximum atomic E-state index is 13.3. The highest BCUT2D eigenvalue weighted by Gasteiger charge is 2.33. The smallest absolute Gasteiger partial charge is 0.254 e. The zero-order valence-corrected chi connectivity index (χ0v) is 14.5. The molecule has 0 spiro atoms. The summed E-state index contributed by atoms with van der Waals surface area (Å²) in [7, 11) is 0. The molecule has 0 aliphatic carbocycles. The van der Waals surface area contributed by atoms with Crippen molar-refractivity contribution in [1.29, 1.82) is 0 Å². The van der Waals surface area contributed by atoms with E-state index in [9.17, 15) is 9.18 Å². The molecular weight excluding hydrogens is 345 g/mol. The number of aromatic nitrogens is 3. The van der Waals surface area contributed by atoms with Gasteiger partial charge in [0.15, 0.2) is 0 Å². The number of halogens is 1. The highest BCUT2D eigenvalue weighted by molar-refractivity contribution is 5.94. The van der Waals surface area contributed by atoms with Gasteiger partial charge in [-0.15, -0.1) is 0 Å². The van der Waals surface area contributed by atoms with Gasteiger partial charge in [-0.2, -0.15) is 0 Å². The van der Waals surface area contributed by atoms with E-state index in [1.807, 2.05) is 4.90 Å². The Kier molecular flexibility index (Phi) is 4.50. The van der Waals surface area contributed by atoms with Gasteiger partial charge in [-0.3, -0.25) is 9.78 Å². The van der Waals surface area contributed by atoms with Crippen molar-refractivity contribution in [2.75, 3.05) is 12.3 Å². The van der Waals surface area contributed by atoms with Gasteiger partial charge in [0.05, 0.1) is 11.7 Å². The van der Waals surface area contributed by atoms with Crippen LogP contribution in [0.25, 0.3) is 11.1 Å². The molecule has 1 aliphatic rings. The third-order valence-electron chi connectivity index (χ3n) is 4.75. The van der Waals surface area contributed by atoms with Crippen molar-refractivity contribution in [2.24, 2.45) is 0 Å². The van der Waals surface area contributed by atoms with Gasteiger partial charge in [0.1, 0.15) is 5.82 Å². The second kappa shape index (κ2) is 7.11. The minimum absolute atomic E-state index is 0.0675. The van der Waals surface area contributed by atoms with E-state index in [1.54, 1.807) is 42.9 Å². The van der Waals surface area contributed by atoms with Gasteiger partial charge in [0.25, 0.3) is 5.91 Å². The molecule has 4 rings (SSSR count). The van der Waals surface area contributed by atoms with Crippen LogP contribution in [0.3, 0.4) is 0 Å². The summed E-state index contributed by atoms with van der Waals surface area (Å²) in [5, 5.41) is 0. The number of pyridine rings is 1.